The van der Waals surface area contributed by atoms with Gasteiger partial charge in [-0.3, -0.25) is 14.5 Å². The number of aromatic nitrogens is 2. The fourth-order valence-electron chi connectivity index (χ4n) is 3.90. The van der Waals surface area contributed by atoms with Gasteiger partial charge in [-0.25, -0.2) is 0 Å². The Hall–Kier alpha value is -2.84. The first-order valence-corrected chi connectivity index (χ1v) is 11.5. The van der Waals surface area contributed by atoms with Crippen molar-refractivity contribution in [2.75, 3.05) is 4.90 Å². The number of halogens is 1. The van der Waals surface area contributed by atoms with Crippen LogP contribution in [0.3, 0.4) is 0 Å². The maximum atomic E-state index is 13.6. The number of amides is 1. The standard InChI is InChI=1S/C23H18BrN3O3S/c1-11(2)13-4-6-14(7-5-13)19-18-20(28)16-10-15(24)8-9-17(16)30-21(18)22(29)27(19)23-26-25-12(3)31-23/h4-11,19H,1-3H3. The van der Waals surface area contributed by atoms with Crippen LogP contribution < -0.4 is 10.3 Å². The van der Waals surface area contributed by atoms with E-state index in [0.29, 0.717) is 27.6 Å². The van der Waals surface area contributed by atoms with Crippen molar-refractivity contribution < 1.29 is 9.21 Å². The normalized spacial score (nSPS) is 15.8. The molecule has 4 aromatic rings. The first kappa shape index (κ1) is 20.1. The molecule has 0 bridgehead atoms. The molecule has 6 nitrogen and oxygen atoms in total. The average Bonchev–Trinajstić information content (AvgIpc) is 3.30. The van der Waals surface area contributed by atoms with E-state index in [1.54, 1.807) is 18.2 Å². The van der Waals surface area contributed by atoms with E-state index in [1.165, 1.54) is 21.8 Å². The molecule has 1 aliphatic rings. The van der Waals surface area contributed by atoms with Gasteiger partial charge in [-0.2, -0.15) is 0 Å². The molecule has 1 aliphatic heterocycles. The Bertz CT molecular complexity index is 1390. The number of rotatable bonds is 3. The molecule has 3 heterocycles. The highest BCUT2D eigenvalue weighted by atomic mass is 79.9. The van der Waals surface area contributed by atoms with Crippen LogP contribution in [0.2, 0.25) is 0 Å². The maximum absolute atomic E-state index is 13.6. The molecule has 156 valence electrons. The van der Waals surface area contributed by atoms with Crippen LogP contribution in [0.5, 0.6) is 0 Å². The monoisotopic (exact) mass is 495 g/mol. The largest absolute Gasteiger partial charge is 0.450 e. The quantitative estimate of drug-likeness (QED) is 0.370. The Labute approximate surface area is 190 Å². The van der Waals surface area contributed by atoms with Crippen LogP contribution in [-0.2, 0) is 0 Å². The summed E-state index contributed by atoms with van der Waals surface area (Å²) < 4.78 is 6.74. The Kier molecular flexibility index (Phi) is 4.79. The zero-order valence-electron chi connectivity index (χ0n) is 17.0. The Morgan fingerprint density at radius 3 is 2.48 bits per heavy atom. The molecule has 2 aromatic carbocycles. The summed E-state index contributed by atoms with van der Waals surface area (Å²) in [5, 5.41) is 9.87. The molecule has 1 unspecified atom stereocenters. The Morgan fingerprint density at radius 1 is 1.10 bits per heavy atom. The molecular weight excluding hydrogens is 478 g/mol. The molecule has 0 spiro atoms. The number of nitrogens with zero attached hydrogens (tertiary/aromatic N) is 3. The molecule has 2 aromatic heterocycles. The number of hydrogen-bond acceptors (Lipinski definition) is 6. The summed E-state index contributed by atoms with van der Waals surface area (Å²) in [5.74, 6) is 0.0523. The maximum Gasteiger partial charge on any atom is 0.297 e. The molecule has 0 saturated heterocycles. The number of carbonyl (C=O) groups excluding carboxylic acids is 1. The van der Waals surface area contributed by atoms with Gasteiger partial charge in [0.1, 0.15) is 10.6 Å². The van der Waals surface area contributed by atoms with E-state index < -0.39 is 6.04 Å². The highest BCUT2D eigenvalue weighted by Crippen LogP contribution is 2.42. The SMILES string of the molecule is Cc1nnc(N2C(=O)c3oc4ccc(Br)cc4c(=O)c3C2c2ccc(C(C)C)cc2)s1. The fraction of sp³-hybridized carbons (Fsp3) is 0.217. The van der Waals surface area contributed by atoms with Crippen LogP contribution in [0.15, 0.2) is 56.1 Å². The van der Waals surface area contributed by atoms with E-state index in [9.17, 15) is 9.59 Å². The number of fused-ring (bicyclic) bond motifs is 2. The summed E-state index contributed by atoms with van der Waals surface area (Å²) in [7, 11) is 0. The summed E-state index contributed by atoms with van der Waals surface area (Å²) in [6, 6.07) is 12.6. The van der Waals surface area contributed by atoms with Gasteiger partial charge in [0.25, 0.3) is 5.91 Å². The average molecular weight is 496 g/mol. The third-order valence-electron chi connectivity index (χ3n) is 5.47. The first-order valence-electron chi connectivity index (χ1n) is 9.85. The van der Waals surface area contributed by atoms with E-state index in [1.807, 2.05) is 31.2 Å². The van der Waals surface area contributed by atoms with Gasteiger partial charge < -0.3 is 4.42 Å². The zero-order valence-corrected chi connectivity index (χ0v) is 19.5. The number of carbonyl (C=O) groups is 1. The minimum absolute atomic E-state index is 0.0608. The van der Waals surface area contributed by atoms with E-state index in [-0.39, 0.29) is 17.1 Å². The van der Waals surface area contributed by atoms with Crippen molar-refractivity contribution in [1.82, 2.24) is 10.2 Å². The summed E-state index contributed by atoms with van der Waals surface area (Å²) in [6.45, 7) is 6.08. The van der Waals surface area contributed by atoms with Crippen LogP contribution in [0, 0.1) is 6.92 Å². The van der Waals surface area contributed by atoms with Crippen LogP contribution in [0.25, 0.3) is 11.0 Å². The van der Waals surface area contributed by atoms with Gasteiger partial charge in [0, 0.05) is 4.47 Å². The van der Waals surface area contributed by atoms with Crippen LogP contribution >= 0.6 is 27.3 Å². The lowest BCUT2D eigenvalue weighted by Gasteiger charge is -2.22. The van der Waals surface area contributed by atoms with Crippen molar-refractivity contribution in [2.24, 2.45) is 0 Å². The number of benzene rings is 2. The molecule has 1 amide bonds. The number of aryl methyl sites for hydroxylation is 1. The van der Waals surface area contributed by atoms with Crippen LogP contribution in [0.4, 0.5) is 5.13 Å². The predicted octanol–water partition coefficient (Wildman–Crippen LogP) is 5.59. The minimum atomic E-state index is -0.629. The second-order valence-electron chi connectivity index (χ2n) is 7.82. The number of hydrogen-bond donors (Lipinski definition) is 0. The molecule has 0 aliphatic carbocycles. The summed E-state index contributed by atoms with van der Waals surface area (Å²) in [5.41, 5.74) is 2.50. The third-order valence-corrected chi connectivity index (χ3v) is 6.80. The van der Waals surface area contributed by atoms with Crippen molar-refractivity contribution in [3.8, 4) is 0 Å². The van der Waals surface area contributed by atoms with Crippen LogP contribution in [-0.4, -0.2) is 16.1 Å². The van der Waals surface area contributed by atoms with E-state index in [4.69, 9.17) is 4.42 Å². The molecule has 5 rings (SSSR count). The Morgan fingerprint density at radius 2 is 1.84 bits per heavy atom. The molecule has 0 fully saturated rings. The van der Waals surface area contributed by atoms with Crippen molar-refractivity contribution in [2.45, 2.75) is 32.7 Å². The van der Waals surface area contributed by atoms with Gasteiger partial charge in [0.15, 0.2) is 5.43 Å². The molecular formula is C23H18BrN3O3S. The lowest BCUT2D eigenvalue weighted by Crippen LogP contribution is -2.29. The molecule has 8 heteroatoms. The lowest BCUT2D eigenvalue weighted by molar-refractivity contribution is 0.0970. The highest BCUT2D eigenvalue weighted by Gasteiger charge is 2.45. The predicted molar refractivity (Wildman–Crippen MR) is 124 cm³/mol. The molecule has 0 radical (unpaired) electrons. The van der Waals surface area contributed by atoms with E-state index in [0.717, 1.165) is 15.0 Å². The van der Waals surface area contributed by atoms with Crippen molar-refractivity contribution in [3.63, 3.8) is 0 Å². The Balaban J connectivity index is 1.78. The topological polar surface area (TPSA) is 76.3 Å². The highest BCUT2D eigenvalue weighted by molar-refractivity contribution is 9.10. The first-order chi connectivity index (χ1) is 14.8. The van der Waals surface area contributed by atoms with Gasteiger partial charge in [0.05, 0.1) is 17.0 Å². The van der Waals surface area contributed by atoms with Gasteiger partial charge in [0.2, 0.25) is 10.9 Å². The van der Waals surface area contributed by atoms with Gasteiger partial charge >= 0.3 is 0 Å². The summed E-state index contributed by atoms with van der Waals surface area (Å²) in [4.78, 5) is 28.5. The lowest BCUT2D eigenvalue weighted by atomic mass is 9.95. The second-order valence-corrected chi connectivity index (χ2v) is 9.89. The smallest absolute Gasteiger partial charge is 0.297 e. The molecule has 1 atom stereocenters. The van der Waals surface area contributed by atoms with Crippen LogP contribution in [0.1, 0.15) is 58.1 Å². The summed E-state index contributed by atoms with van der Waals surface area (Å²) >= 11 is 4.73. The zero-order chi connectivity index (χ0) is 21.9. The fourth-order valence-corrected chi connectivity index (χ4v) is 4.98. The molecule has 0 saturated carbocycles. The second kappa shape index (κ2) is 7.39. The van der Waals surface area contributed by atoms with E-state index >= 15 is 0 Å². The third kappa shape index (κ3) is 3.21. The van der Waals surface area contributed by atoms with Crippen molar-refractivity contribution >= 4 is 49.3 Å². The summed E-state index contributed by atoms with van der Waals surface area (Å²) in [6.07, 6.45) is 0. The van der Waals surface area contributed by atoms with Gasteiger partial charge in [-0.15, -0.1) is 10.2 Å². The van der Waals surface area contributed by atoms with Crippen molar-refractivity contribution in [3.05, 3.63) is 84.6 Å². The van der Waals surface area contributed by atoms with Gasteiger partial charge in [-0.1, -0.05) is 65.4 Å². The van der Waals surface area contributed by atoms with Crippen molar-refractivity contribution in [1.29, 1.82) is 0 Å². The van der Waals surface area contributed by atoms with E-state index in [2.05, 4.69) is 40.0 Å². The molecule has 0 N–H and O–H groups in total. The molecule has 31 heavy (non-hydrogen) atoms. The van der Waals surface area contributed by atoms with Gasteiger partial charge in [-0.05, 0) is 42.2 Å². The number of anilines is 1. The minimum Gasteiger partial charge on any atom is -0.450 e.